The fraction of sp³-hybridized carbons (Fsp3) is 0.278. The summed E-state index contributed by atoms with van der Waals surface area (Å²) in [6, 6.07) is 0. The van der Waals surface area contributed by atoms with Gasteiger partial charge in [-0.1, -0.05) is 0 Å². The van der Waals surface area contributed by atoms with Crippen molar-refractivity contribution < 1.29 is 22.8 Å². The highest BCUT2D eigenvalue weighted by Gasteiger charge is 2.29. The number of aromatic nitrogens is 6. The number of amides is 2. The van der Waals surface area contributed by atoms with Crippen LogP contribution in [0.5, 0.6) is 0 Å². The van der Waals surface area contributed by atoms with Crippen LogP contribution in [-0.4, -0.2) is 54.8 Å². The van der Waals surface area contributed by atoms with E-state index >= 15 is 0 Å². The van der Waals surface area contributed by atoms with Crippen LogP contribution < -0.4 is 16.0 Å². The lowest BCUT2D eigenvalue weighted by atomic mass is 10.3. The van der Waals surface area contributed by atoms with E-state index < -0.39 is 31.0 Å². The number of hydrogen-bond donors (Lipinski definition) is 3. The van der Waals surface area contributed by atoms with Gasteiger partial charge in [0.1, 0.15) is 12.0 Å². The Morgan fingerprint density at radius 2 is 1.81 bits per heavy atom. The molecular formula is C18H18F3N9O2. The average Bonchev–Trinajstić information content (AvgIpc) is 3.15. The molecule has 3 heterocycles. The first kappa shape index (κ1) is 22.6. The number of alkyl halides is 3. The van der Waals surface area contributed by atoms with Gasteiger partial charge < -0.3 is 16.0 Å². The molecule has 0 aromatic carbocycles. The van der Waals surface area contributed by atoms with Crippen LogP contribution in [0.2, 0.25) is 0 Å². The third-order valence-electron chi connectivity index (χ3n) is 4.07. The molecule has 0 fully saturated rings. The molecular weight excluding hydrogens is 431 g/mol. The van der Waals surface area contributed by atoms with Gasteiger partial charge in [0.25, 0.3) is 11.8 Å². The lowest BCUT2D eigenvalue weighted by Crippen LogP contribution is -2.26. The molecule has 0 unspecified atom stereocenters. The Balaban J connectivity index is 1.89. The monoisotopic (exact) mass is 449 g/mol. The molecule has 2 amide bonds. The minimum atomic E-state index is -4.44. The predicted octanol–water partition coefficient (Wildman–Crippen LogP) is 2.08. The van der Waals surface area contributed by atoms with Crippen molar-refractivity contribution in [1.82, 2.24) is 35.0 Å². The molecule has 3 rings (SSSR count). The summed E-state index contributed by atoms with van der Waals surface area (Å²) >= 11 is 0. The van der Waals surface area contributed by atoms with Gasteiger partial charge >= 0.3 is 6.18 Å². The summed E-state index contributed by atoms with van der Waals surface area (Å²) in [7, 11) is 1.31. The summed E-state index contributed by atoms with van der Waals surface area (Å²) in [5.41, 5.74) is 0.480. The molecule has 3 aromatic heterocycles. The number of nitrogens with one attached hydrogen (secondary N) is 3. The van der Waals surface area contributed by atoms with Crippen molar-refractivity contribution in [3.05, 3.63) is 48.2 Å². The van der Waals surface area contributed by atoms with Gasteiger partial charge in [0.05, 0.1) is 54.8 Å². The van der Waals surface area contributed by atoms with Gasteiger partial charge in [-0.15, -0.1) is 0 Å². The molecule has 14 heteroatoms. The molecule has 0 spiro atoms. The molecule has 168 valence electrons. The topological polar surface area (TPSA) is 140 Å². The third-order valence-corrected chi connectivity index (χ3v) is 4.07. The van der Waals surface area contributed by atoms with Crippen LogP contribution in [0.1, 0.15) is 33.1 Å². The van der Waals surface area contributed by atoms with Crippen molar-refractivity contribution in [2.75, 3.05) is 17.7 Å². The van der Waals surface area contributed by atoms with E-state index in [9.17, 15) is 22.8 Å². The van der Waals surface area contributed by atoms with Crippen LogP contribution in [0.3, 0.4) is 0 Å². The Morgan fingerprint density at radius 1 is 1.09 bits per heavy atom. The smallest absolute Gasteiger partial charge is 0.354 e. The normalized spacial score (nSPS) is 11.2. The zero-order valence-electron chi connectivity index (χ0n) is 16.9. The molecule has 0 bridgehead atoms. The first-order valence-corrected chi connectivity index (χ1v) is 9.19. The minimum absolute atomic E-state index is 0.0752. The average molecular weight is 449 g/mol. The molecule has 0 radical (unpaired) electrons. The molecule has 0 aliphatic heterocycles. The Labute approximate surface area is 179 Å². The van der Waals surface area contributed by atoms with Crippen LogP contribution in [0.25, 0.3) is 0 Å². The van der Waals surface area contributed by atoms with Crippen molar-refractivity contribution >= 4 is 29.0 Å². The summed E-state index contributed by atoms with van der Waals surface area (Å²) in [4.78, 5) is 41.3. The number of hydrogen-bond acceptors (Lipinski definition) is 8. The van der Waals surface area contributed by atoms with E-state index in [-0.39, 0.29) is 22.9 Å². The maximum Gasteiger partial charge on any atom is 0.390 e. The van der Waals surface area contributed by atoms with Gasteiger partial charge in [-0.2, -0.15) is 18.3 Å². The maximum atomic E-state index is 12.9. The van der Waals surface area contributed by atoms with Gasteiger partial charge in [0, 0.05) is 7.05 Å². The molecule has 32 heavy (non-hydrogen) atoms. The van der Waals surface area contributed by atoms with Gasteiger partial charge in [-0.3, -0.25) is 14.3 Å². The first-order valence-electron chi connectivity index (χ1n) is 9.19. The highest BCUT2D eigenvalue weighted by Crippen LogP contribution is 2.24. The second-order valence-electron chi connectivity index (χ2n) is 6.49. The minimum Gasteiger partial charge on any atom is -0.354 e. The van der Waals surface area contributed by atoms with Crippen molar-refractivity contribution in [3.63, 3.8) is 0 Å². The molecule has 0 saturated carbocycles. The third kappa shape index (κ3) is 5.53. The summed E-state index contributed by atoms with van der Waals surface area (Å²) in [6.45, 7) is 1.04. The maximum absolute atomic E-state index is 12.9. The molecule has 3 N–H and O–H groups in total. The van der Waals surface area contributed by atoms with E-state index in [1.807, 2.05) is 0 Å². The van der Waals surface area contributed by atoms with Crippen LogP contribution in [0.15, 0.2) is 31.1 Å². The molecule has 0 aliphatic carbocycles. The quantitative estimate of drug-likeness (QED) is 0.498. The van der Waals surface area contributed by atoms with Crippen LogP contribution in [0, 0.1) is 6.92 Å². The van der Waals surface area contributed by atoms with Gasteiger partial charge in [-0.25, -0.2) is 19.9 Å². The zero-order valence-corrected chi connectivity index (χ0v) is 16.9. The van der Waals surface area contributed by atoms with E-state index in [1.54, 1.807) is 6.92 Å². The van der Waals surface area contributed by atoms with Crippen molar-refractivity contribution in [1.29, 1.82) is 0 Å². The second kappa shape index (κ2) is 9.36. The van der Waals surface area contributed by atoms with Crippen molar-refractivity contribution in [3.8, 4) is 0 Å². The van der Waals surface area contributed by atoms with E-state index in [2.05, 4.69) is 41.0 Å². The first-order chi connectivity index (χ1) is 15.2. The number of carbonyl (C=O) groups is 2. The highest BCUT2D eigenvalue weighted by atomic mass is 19.4. The number of carbonyl (C=O) groups excluding carboxylic acids is 2. The second-order valence-corrected chi connectivity index (χ2v) is 6.49. The van der Waals surface area contributed by atoms with Crippen LogP contribution in [0.4, 0.5) is 30.4 Å². The Bertz CT molecular complexity index is 1120. The lowest BCUT2D eigenvalue weighted by Gasteiger charge is -2.12. The zero-order chi connectivity index (χ0) is 23.3. The van der Waals surface area contributed by atoms with Crippen molar-refractivity contribution in [2.24, 2.45) is 0 Å². The summed E-state index contributed by atoms with van der Waals surface area (Å²) in [5, 5.41) is 11.5. The summed E-state index contributed by atoms with van der Waals surface area (Å²) in [5.74, 6) is -1.37. The number of aryl methyl sites for hydroxylation is 2. The molecule has 0 aliphatic rings. The van der Waals surface area contributed by atoms with Gasteiger partial charge in [0.15, 0.2) is 11.5 Å². The van der Waals surface area contributed by atoms with Crippen LogP contribution in [-0.2, 0) is 6.54 Å². The fourth-order valence-corrected chi connectivity index (χ4v) is 2.65. The number of rotatable bonds is 7. The van der Waals surface area contributed by atoms with E-state index in [0.717, 1.165) is 10.9 Å². The number of nitrogens with zero attached hydrogens (tertiary/aromatic N) is 6. The standard InChI is InChI=1S/C18H18F3N9O2/c1-10-5-25-15(28-11-6-23-9-24-7-11)13(27-10)16(31)29-12-8-26-30(4-3-18(19,20)21)14(12)17(32)22-2/h5-9H,3-4H2,1-2H3,(H,22,32)(H,25,28)(H,29,31). The van der Waals surface area contributed by atoms with Crippen molar-refractivity contribution in [2.45, 2.75) is 26.1 Å². The molecule has 3 aromatic rings. The summed E-state index contributed by atoms with van der Waals surface area (Å²) in [6.07, 6.45) is 1.16. The van der Waals surface area contributed by atoms with Gasteiger partial charge in [-0.05, 0) is 6.92 Å². The highest BCUT2D eigenvalue weighted by molar-refractivity contribution is 6.09. The fourth-order valence-electron chi connectivity index (χ4n) is 2.65. The van der Waals surface area contributed by atoms with Gasteiger partial charge in [0.2, 0.25) is 0 Å². The van der Waals surface area contributed by atoms with E-state index in [4.69, 9.17) is 0 Å². The number of anilines is 3. The largest absolute Gasteiger partial charge is 0.390 e. The Hall–Kier alpha value is -4.10. The van der Waals surface area contributed by atoms with E-state index in [0.29, 0.717) is 11.4 Å². The van der Waals surface area contributed by atoms with Crippen LogP contribution >= 0.6 is 0 Å². The van der Waals surface area contributed by atoms with E-state index in [1.165, 1.54) is 32.0 Å². The summed E-state index contributed by atoms with van der Waals surface area (Å²) < 4.78 is 38.7. The molecule has 0 saturated heterocycles. The SMILES string of the molecule is CNC(=O)c1c(NC(=O)c2nc(C)cnc2Nc2cncnc2)cnn1CCC(F)(F)F. The Kier molecular flexibility index (Phi) is 6.61. The molecule has 11 nitrogen and oxygen atoms in total. The number of halogens is 3. The lowest BCUT2D eigenvalue weighted by molar-refractivity contribution is -0.137. The predicted molar refractivity (Wildman–Crippen MR) is 106 cm³/mol. The molecule has 0 atom stereocenters. The Morgan fingerprint density at radius 3 is 2.47 bits per heavy atom.